The fourth-order valence-corrected chi connectivity index (χ4v) is 2.54. The van der Waals surface area contributed by atoms with E-state index in [0.717, 1.165) is 18.7 Å². The lowest BCUT2D eigenvalue weighted by molar-refractivity contribution is 0.328. The van der Waals surface area contributed by atoms with Gasteiger partial charge in [-0.1, -0.05) is 37.3 Å². The molecule has 1 aromatic carbocycles. The van der Waals surface area contributed by atoms with Crippen LogP contribution in [0.25, 0.3) is 0 Å². The summed E-state index contributed by atoms with van der Waals surface area (Å²) >= 11 is 7.00. The molecule has 0 radical (unpaired) electrons. The molecule has 0 spiro atoms. The minimum atomic E-state index is 0.471. The molecule has 2 N–H and O–H groups in total. The summed E-state index contributed by atoms with van der Waals surface area (Å²) in [4.78, 5) is 2.81. The zero-order chi connectivity index (χ0) is 13.4. The summed E-state index contributed by atoms with van der Waals surface area (Å²) in [5.41, 5.74) is 7.87. The molecule has 0 aliphatic rings. The maximum absolute atomic E-state index is 5.64. The monoisotopic (exact) mass is 282 g/mol. The van der Waals surface area contributed by atoms with Crippen molar-refractivity contribution in [3.05, 3.63) is 35.4 Å². The van der Waals surface area contributed by atoms with Crippen LogP contribution in [0.5, 0.6) is 0 Å². The van der Waals surface area contributed by atoms with Crippen molar-refractivity contribution in [3.8, 4) is 0 Å². The zero-order valence-electron chi connectivity index (χ0n) is 11.2. The van der Waals surface area contributed by atoms with E-state index in [4.69, 9.17) is 18.0 Å². The second-order valence-electron chi connectivity index (χ2n) is 4.35. The Labute approximate surface area is 120 Å². The van der Waals surface area contributed by atoms with Gasteiger partial charge < -0.3 is 10.6 Å². The molecule has 2 nitrogen and oxygen atoms in total. The van der Waals surface area contributed by atoms with Gasteiger partial charge in [-0.05, 0) is 43.1 Å². The van der Waals surface area contributed by atoms with Crippen molar-refractivity contribution in [2.75, 3.05) is 25.1 Å². The third-order valence-electron chi connectivity index (χ3n) is 2.70. The molecule has 0 fully saturated rings. The summed E-state index contributed by atoms with van der Waals surface area (Å²) in [6, 6.07) is 8.19. The number of nitrogens with zero attached hydrogens (tertiary/aromatic N) is 1. The Bertz CT molecular complexity index is 380. The minimum absolute atomic E-state index is 0.471. The molecule has 0 aromatic heterocycles. The highest BCUT2D eigenvalue weighted by molar-refractivity contribution is 7.99. The number of hydrogen-bond donors (Lipinski definition) is 1. The Kier molecular flexibility index (Phi) is 7.32. The molecule has 0 amide bonds. The predicted molar refractivity (Wildman–Crippen MR) is 86.3 cm³/mol. The smallest absolute Gasteiger partial charge is 0.103 e. The van der Waals surface area contributed by atoms with Crippen LogP contribution in [-0.4, -0.2) is 35.0 Å². The molecule has 1 rings (SSSR count). The van der Waals surface area contributed by atoms with Gasteiger partial charge in [-0.25, -0.2) is 0 Å². The molecule has 0 aliphatic carbocycles. The molecule has 0 saturated heterocycles. The topological polar surface area (TPSA) is 29.3 Å². The normalized spacial score (nSPS) is 10.8. The molecule has 4 heteroatoms. The summed E-state index contributed by atoms with van der Waals surface area (Å²) in [5.74, 6) is 2.45. The fourth-order valence-electron chi connectivity index (χ4n) is 1.79. The van der Waals surface area contributed by atoms with Crippen molar-refractivity contribution in [1.29, 1.82) is 0 Å². The number of rotatable bonds is 8. The highest BCUT2D eigenvalue weighted by atomic mass is 32.2. The van der Waals surface area contributed by atoms with E-state index in [2.05, 4.69) is 31.0 Å². The first kappa shape index (κ1) is 15.5. The van der Waals surface area contributed by atoms with E-state index >= 15 is 0 Å². The Morgan fingerprint density at radius 3 is 2.89 bits per heavy atom. The van der Waals surface area contributed by atoms with Gasteiger partial charge >= 0.3 is 0 Å². The maximum atomic E-state index is 5.64. The highest BCUT2D eigenvalue weighted by Crippen LogP contribution is 2.09. The van der Waals surface area contributed by atoms with Crippen LogP contribution in [0.2, 0.25) is 0 Å². The van der Waals surface area contributed by atoms with Crippen LogP contribution in [0.4, 0.5) is 0 Å². The SMILES string of the molecule is CCSCCCN(C)Cc1cccc(C(N)=S)c1. The van der Waals surface area contributed by atoms with Gasteiger partial charge in [0.1, 0.15) is 4.99 Å². The number of thiocarbonyl (C=S) groups is 1. The van der Waals surface area contributed by atoms with E-state index in [1.165, 1.54) is 23.5 Å². The van der Waals surface area contributed by atoms with Crippen molar-refractivity contribution in [1.82, 2.24) is 4.90 Å². The molecule has 0 bridgehead atoms. The summed E-state index contributed by atoms with van der Waals surface area (Å²) in [6.07, 6.45) is 1.24. The van der Waals surface area contributed by atoms with E-state index < -0.39 is 0 Å². The van der Waals surface area contributed by atoms with Crippen LogP contribution in [0.15, 0.2) is 24.3 Å². The van der Waals surface area contributed by atoms with Crippen LogP contribution in [0, 0.1) is 0 Å². The van der Waals surface area contributed by atoms with Gasteiger partial charge in [0.15, 0.2) is 0 Å². The van der Waals surface area contributed by atoms with E-state index in [1.54, 1.807) is 0 Å². The van der Waals surface area contributed by atoms with E-state index in [-0.39, 0.29) is 0 Å². The average molecular weight is 282 g/mol. The molecule has 0 heterocycles. The van der Waals surface area contributed by atoms with Crippen LogP contribution in [0.3, 0.4) is 0 Å². The number of thioether (sulfide) groups is 1. The quantitative estimate of drug-likeness (QED) is 0.586. The largest absolute Gasteiger partial charge is 0.389 e. The molecule has 1 aromatic rings. The van der Waals surface area contributed by atoms with Crippen LogP contribution >= 0.6 is 24.0 Å². The second-order valence-corrected chi connectivity index (χ2v) is 6.19. The highest BCUT2D eigenvalue weighted by Gasteiger charge is 2.02. The van der Waals surface area contributed by atoms with E-state index in [1.807, 2.05) is 23.9 Å². The minimum Gasteiger partial charge on any atom is -0.389 e. The number of nitrogens with two attached hydrogens (primary N) is 1. The van der Waals surface area contributed by atoms with Gasteiger partial charge in [-0.2, -0.15) is 11.8 Å². The molecule has 0 aliphatic heterocycles. The summed E-state index contributed by atoms with van der Waals surface area (Å²) in [6.45, 7) is 4.28. The average Bonchev–Trinajstić information content (AvgIpc) is 2.35. The Hall–Kier alpha value is -0.580. The van der Waals surface area contributed by atoms with Crippen molar-refractivity contribution < 1.29 is 0 Å². The summed E-state index contributed by atoms with van der Waals surface area (Å²) in [5, 5.41) is 0. The standard InChI is InChI=1S/C14H22N2S2/c1-3-18-9-5-8-16(2)11-12-6-4-7-13(10-12)14(15)17/h4,6-7,10H,3,5,8-9,11H2,1-2H3,(H2,15,17). The molecule has 0 unspecified atom stereocenters. The Morgan fingerprint density at radius 2 is 2.22 bits per heavy atom. The molecule has 0 saturated carbocycles. The maximum Gasteiger partial charge on any atom is 0.103 e. The van der Waals surface area contributed by atoms with E-state index in [9.17, 15) is 0 Å². The van der Waals surface area contributed by atoms with Gasteiger partial charge in [0.05, 0.1) is 0 Å². The lowest BCUT2D eigenvalue weighted by Gasteiger charge is -2.16. The van der Waals surface area contributed by atoms with E-state index in [0.29, 0.717) is 4.99 Å². The fraction of sp³-hybridized carbons (Fsp3) is 0.500. The van der Waals surface area contributed by atoms with Crippen molar-refractivity contribution >= 4 is 29.0 Å². The second kappa shape index (κ2) is 8.51. The molecule has 0 atom stereocenters. The number of hydrogen-bond acceptors (Lipinski definition) is 3. The first-order valence-corrected chi connectivity index (χ1v) is 7.84. The first-order valence-electron chi connectivity index (χ1n) is 6.28. The van der Waals surface area contributed by atoms with Crippen molar-refractivity contribution in [3.63, 3.8) is 0 Å². The van der Waals surface area contributed by atoms with Gasteiger partial charge in [0, 0.05) is 12.1 Å². The van der Waals surface area contributed by atoms with Crippen molar-refractivity contribution in [2.45, 2.75) is 19.9 Å². The van der Waals surface area contributed by atoms with Crippen LogP contribution in [0.1, 0.15) is 24.5 Å². The number of benzene rings is 1. The molecule has 100 valence electrons. The van der Waals surface area contributed by atoms with Crippen LogP contribution < -0.4 is 5.73 Å². The van der Waals surface area contributed by atoms with Gasteiger partial charge in [0.2, 0.25) is 0 Å². The lowest BCUT2D eigenvalue weighted by atomic mass is 10.1. The molecule has 18 heavy (non-hydrogen) atoms. The van der Waals surface area contributed by atoms with Crippen molar-refractivity contribution in [2.24, 2.45) is 5.73 Å². The third-order valence-corrected chi connectivity index (χ3v) is 3.92. The Morgan fingerprint density at radius 1 is 1.44 bits per heavy atom. The summed E-state index contributed by atoms with van der Waals surface area (Å²) in [7, 11) is 2.16. The van der Waals surface area contributed by atoms with Crippen LogP contribution in [-0.2, 0) is 6.54 Å². The predicted octanol–water partition coefficient (Wildman–Crippen LogP) is 2.90. The first-order chi connectivity index (χ1) is 8.63. The third kappa shape index (κ3) is 5.85. The van der Waals surface area contributed by atoms with Gasteiger partial charge in [0.25, 0.3) is 0 Å². The summed E-state index contributed by atoms with van der Waals surface area (Å²) < 4.78 is 0. The van der Waals surface area contributed by atoms with Gasteiger partial charge in [-0.15, -0.1) is 0 Å². The molecular weight excluding hydrogens is 260 g/mol. The zero-order valence-corrected chi connectivity index (χ0v) is 12.8. The molecular formula is C14H22N2S2. The Balaban J connectivity index is 2.41. The lowest BCUT2D eigenvalue weighted by Crippen LogP contribution is -2.20. The van der Waals surface area contributed by atoms with Gasteiger partial charge in [-0.3, -0.25) is 0 Å².